The molecular formula is C22H21NO3S. The third-order valence-electron chi connectivity index (χ3n) is 4.85. The molecule has 4 rings (SSSR count). The number of hydrogen-bond acceptors (Lipinski definition) is 4. The molecule has 1 saturated heterocycles. The second-order valence-electron chi connectivity index (χ2n) is 6.37. The van der Waals surface area contributed by atoms with Gasteiger partial charge in [0, 0.05) is 23.4 Å². The van der Waals surface area contributed by atoms with Crippen molar-refractivity contribution in [2.24, 2.45) is 0 Å². The zero-order valence-corrected chi connectivity index (χ0v) is 16.2. The normalized spacial score (nSPS) is 16.5. The van der Waals surface area contributed by atoms with Gasteiger partial charge in [-0.15, -0.1) is 11.8 Å². The minimum atomic E-state index is -0.0889. The van der Waals surface area contributed by atoms with E-state index in [4.69, 9.17) is 9.47 Å². The molecule has 0 radical (unpaired) electrons. The highest BCUT2D eigenvalue weighted by molar-refractivity contribution is 7.99. The van der Waals surface area contributed by atoms with Crippen molar-refractivity contribution < 1.29 is 14.3 Å². The number of carbonyl (C=O) groups excluding carboxylic acids is 1. The molecule has 27 heavy (non-hydrogen) atoms. The van der Waals surface area contributed by atoms with Crippen LogP contribution >= 0.6 is 11.8 Å². The summed E-state index contributed by atoms with van der Waals surface area (Å²) in [6, 6.07) is 19.8. The molecule has 0 spiro atoms. The van der Waals surface area contributed by atoms with Gasteiger partial charge in [-0.05, 0) is 29.0 Å². The van der Waals surface area contributed by atoms with Crippen LogP contribution in [0, 0.1) is 0 Å². The molecule has 1 aliphatic rings. The van der Waals surface area contributed by atoms with Gasteiger partial charge in [0.25, 0.3) is 5.91 Å². The van der Waals surface area contributed by atoms with E-state index in [1.165, 1.54) is 0 Å². The number of hydrogen-bond donors (Lipinski definition) is 0. The monoisotopic (exact) mass is 379 g/mol. The molecule has 0 N–H and O–H groups in total. The van der Waals surface area contributed by atoms with Crippen LogP contribution in [-0.4, -0.2) is 37.3 Å². The van der Waals surface area contributed by atoms with Crippen molar-refractivity contribution in [2.75, 3.05) is 26.5 Å². The minimum Gasteiger partial charge on any atom is -0.493 e. The van der Waals surface area contributed by atoms with Crippen molar-refractivity contribution in [1.82, 2.24) is 4.90 Å². The number of nitrogens with zero attached hydrogens (tertiary/aromatic N) is 1. The Bertz CT molecular complexity index is 988. The highest BCUT2D eigenvalue weighted by atomic mass is 32.2. The second-order valence-corrected chi connectivity index (χ2v) is 7.55. The van der Waals surface area contributed by atoms with Crippen LogP contribution in [-0.2, 0) is 0 Å². The summed E-state index contributed by atoms with van der Waals surface area (Å²) in [6.45, 7) is 0.710. The van der Waals surface area contributed by atoms with E-state index in [1.807, 2.05) is 59.5 Å². The number of thioether (sulfide) groups is 1. The van der Waals surface area contributed by atoms with Gasteiger partial charge in [-0.1, -0.05) is 42.5 Å². The summed E-state index contributed by atoms with van der Waals surface area (Å²) < 4.78 is 11.0. The van der Waals surface area contributed by atoms with Gasteiger partial charge in [0.05, 0.1) is 14.2 Å². The maximum Gasteiger partial charge on any atom is 0.255 e. The van der Waals surface area contributed by atoms with Crippen molar-refractivity contribution in [2.45, 2.75) is 5.37 Å². The Morgan fingerprint density at radius 3 is 2.59 bits per heavy atom. The Balaban J connectivity index is 1.69. The first-order valence-electron chi connectivity index (χ1n) is 8.85. The molecule has 1 unspecified atom stereocenters. The molecule has 1 amide bonds. The van der Waals surface area contributed by atoms with Crippen molar-refractivity contribution in [1.29, 1.82) is 0 Å². The summed E-state index contributed by atoms with van der Waals surface area (Å²) in [7, 11) is 3.26. The number of benzene rings is 3. The first-order chi connectivity index (χ1) is 13.2. The van der Waals surface area contributed by atoms with Gasteiger partial charge in [-0.2, -0.15) is 0 Å². The predicted octanol–water partition coefficient (Wildman–Crippen LogP) is 4.74. The van der Waals surface area contributed by atoms with E-state index in [1.54, 1.807) is 26.0 Å². The zero-order chi connectivity index (χ0) is 18.8. The van der Waals surface area contributed by atoms with E-state index in [9.17, 15) is 4.79 Å². The van der Waals surface area contributed by atoms with Crippen molar-refractivity contribution in [3.8, 4) is 11.5 Å². The van der Waals surface area contributed by atoms with Gasteiger partial charge in [0.1, 0.15) is 5.37 Å². The van der Waals surface area contributed by atoms with Crippen LogP contribution < -0.4 is 9.47 Å². The van der Waals surface area contributed by atoms with E-state index in [2.05, 4.69) is 6.07 Å². The minimum absolute atomic E-state index is 0.0422. The third kappa shape index (κ3) is 3.23. The third-order valence-corrected chi connectivity index (χ3v) is 6.09. The van der Waals surface area contributed by atoms with E-state index in [0.29, 0.717) is 23.6 Å². The lowest BCUT2D eigenvalue weighted by Crippen LogP contribution is -2.30. The molecule has 0 bridgehead atoms. The Hall–Kier alpha value is -2.66. The fraction of sp³-hybridized carbons (Fsp3) is 0.227. The molecule has 0 aliphatic carbocycles. The quantitative estimate of drug-likeness (QED) is 0.656. The molecule has 3 aromatic carbocycles. The molecule has 138 valence electrons. The van der Waals surface area contributed by atoms with Gasteiger partial charge in [-0.3, -0.25) is 4.79 Å². The van der Waals surface area contributed by atoms with Crippen LogP contribution in [0.15, 0.2) is 60.7 Å². The highest BCUT2D eigenvalue weighted by Crippen LogP contribution is 2.45. The number of methoxy groups -OCH3 is 2. The van der Waals surface area contributed by atoms with Crippen LogP contribution in [0.5, 0.6) is 11.5 Å². The number of amides is 1. The van der Waals surface area contributed by atoms with Gasteiger partial charge >= 0.3 is 0 Å². The smallest absolute Gasteiger partial charge is 0.255 e. The summed E-state index contributed by atoms with van der Waals surface area (Å²) in [4.78, 5) is 15.2. The molecular weight excluding hydrogens is 358 g/mol. The SMILES string of the molecule is COc1cccc(C2SCCN2C(=O)c2ccc3ccccc3c2)c1OC. The van der Waals surface area contributed by atoms with Crippen molar-refractivity contribution in [3.63, 3.8) is 0 Å². The second kappa shape index (κ2) is 7.53. The Kier molecular flexibility index (Phi) is 4.94. The van der Waals surface area contributed by atoms with E-state index in [0.717, 1.165) is 22.1 Å². The molecule has 1 aliphatic heterocycles. The summed E-state index contributed by atoms with van der Waals surface area (Å²) in [5.41, 5.74) is 1.68. The number of ether oxygens (including phenoxy) is 2. The Morgan fingerprint density at radius 2 is 1.81 bits per heavy atom. The van der Waals surface area contributed by atoms with Gasteiger partial charge < -0.3 is 14.4 Å². The first kappa shape index (κ1) is 17.7. The highest BCUT2D eigenvalue weighted by Gasteiger charge is 2.34. The predicted molar refractivity (Wildman–Crippen MR) is 110 cm³/mol. The van der Waals surface area contributed by atoms with Crippen LogP contribution in [0.25, 0.3) is 10.8 Å². The van der Waals surface area contributed by atoms with Crippen LogP contribution in [0.1, 0.15) is 21.3 Å². The Labute approximate surface area is 163 Å². The first-order valence-corrected chi connectivity index (χ1v) is 9.90. The average molecular weight is 379 g/mol. The number of rotatable bonds is 4. The van der Waals surface area contributed by atoms with E-state index < -0.39 is 0 Å². The lowest BCUT2D eigenvalue weighted by molar-refractivity contribution is 0.0759. The molecule has 1 fully saturated rings. The fourth-order valence-electron chi connectivity index (χ4n) is 3.53. The Morgan fingerprint density at radius 1 is 1.00 bits per heavy atom. The summed E-state index contributed by atoms with van der Waals surface area (Å²) in [5.74, 6) is 2.31. The van der Waals surface area contributed by atoms with Crippen LogP contribution in [0.2, 0.25) is 0 Å². The number of para-hydroxylation sites is 1. The molecule has 4 nitrogen and oxygen atoms in total. The topological polar surface area (TPSA) is 38.8 Å². The van der Waals surface area contributed by atoms with E-state index >= 15 is 0 Å². The van der Waals surface area contributed by atoms with Crippen molar-refractivity contribution >= 4 is 28.4 Å². The maximum absolute atomic E-state index is 13.3. The number of fused-ring (bicyclic) bond motifs is 1. The molecule has 0 saturated carbocycles. The molecule has 3 aromatic rings. The molecule has 1 heterocycles. The van der Waals surface area contributed by atoms with Crippen LogP contribution in [0.3, 0.4) is 0 Å². The largest absolute Gasteiger partial charge is 0.493 e. The maximum atomic E-state index is 13.3. The lowest BCUT2D eigenvalue weighted by Gasteiger charge is -2.26. The zero-order valence-electron chi connectivity index (χ0n) is 15.3. The van der Waals surface area contributed by atoms with Gasteiger partial charge in [0.2, 0.25) is 0 Å². The average Bonchev–Trinajstić information content (AvgIpc) is 3.21. The van der Waals surface area contributed by atoms with Crippen molar-refractivity contribution in [3.05, 3.63) is 71.8 Å². The lowest BCUT2D eigenvalue weighted by atomic mass is 10.1. The summed E-state index contributed by atoms with van der Waals surface area (Å²) >= 11 is 1.75. The summed E-state index contributed by atoms with van der Waals surface area (Å²) in [5, 5.41) is 2.12. The number of carbonyl (C=O) groups is 1. The molecule has 5 heteroatoms. The summed E-state index contributed by atoms with van der Waals surface area (Å²) in [6.07, 6.45) is 0. The standard InChI is InChI=1S/C22H21NO3S/c1-25-19-9-5-8-18(20(19)26-2)22-23(12-13-27-22)21(24)17-11-10-15-6-3-4-7-16(15)14-17/h3-11,14,22H,12-13H2,1-2H3. The van der Waals surface area contributed by atoms with Gasteiger partial charge in [0.15, 0.2) is 11.5 Å². The fourth-order valence-corrected chi connectivity index (χ4v) is 4.80. The van der Waals surface area contributed by atoms with E-state index in [-0.39, 0.29) is 11.3 Å². The molecule has 1 atom stereocenters. The van der Waals surface area contributed by atoms with Gasteiger partial charge in [-0.25, -0.2) is 0 Å². The van der Waals surface area contributed by atoms with Crippen LogP contribution in [0.4, 0.5) is 0 Å². The molecule has 0 aromatic heterocycles.